The number of fused-ring (bicyclic) bond motifs is 1. The highest BCUT2D eigenvalue weighted by molar-refractivity contribution is 7.92. The SMILES string of the molecule is CCn1nc(-c2cc(F)c(NS(=O)(=O)c3ccccc3Cl)cc2F)c2c(N)ncc([C@H]3CC[C@H](N)CC3)c21. The predicted molar refractivity (Wildman–Crippen MR) is 144 cm³/mol. The van der Waals surface area contributed by atoms with Gasteiger partial charge < -0.3 is 11.5 Å². The van der Waals surface area contributed by atoms with Gasteiger partial charge in [0.1, 0.15) is 28.0 Å². The molecule has 1 aliphatic carbocycles. The van der Waals surface area contributed by atoms with E-state index in [2.05, 4.69) is 14.8 Å². The molecule has 8 nitrogen and oxygen atoms in total. The summed E-state index contributed by atoms with van der Waals surface area (Å²) >= 11 is 5.99. The number of nitrogen functional groups attached to an aromatic ring is 1. The van der Waals surface area contributed by atoms with E-state index in [1.54, 1.807) is 16.9 Å². The maximum Gasteiger partial charge on any atom is 0.263 e. The summed E-state index contributed by atoms with van der Waals surface area (Å²) in [6.07, 6.45) is 5.27. The zero-order valence-corrected chi connectivity index (χ0v) is 22.2. The average Bonchev–Trinajstić information content (AvgIpc) is 3.27. The van der Waals surface area contributed by atoms with Gasteiger partial charge in [-0.25, -0.2) is 22.2 Å². The fraction of sp³-hybridized carbons (Fsp3) is 0.308. The Kier molecular flexibility index (Phi) is 7.01. The first-order valence-electron chi connectivity index (χ1n) is 12.3. The molecular formula is C26H27ClF2N6O2S. The molecule has 2 heterocycles. The van der Waals surface area contributed by atoms with Gasteiger partial charge >= 0.3 is 0 Å². The Morgan fingerprint density at radius 2 is 1.84 bits per heavy atom. The third kappa shape index (κ3) is 4.70. The summed E-state index contributed by atoms with van der Waals surface area (Å²) in [5.74, 6) is -1.52. The van der Waals surface area contributed by atoms with E-state index in [0.717, 1.165) is 48.9 Å². The zero-order chi connectivity index (χ0) is 27.2. The first kappa shape index (κ1) is 26.3. The van der Waals surface area contributed by atoms with Gasteiger partial charge in [0.15, 0.2) is 0 Å². The quantitative estimate of drug-likeness (QED) is 0.289. The van der Waals surface area contributed by atoms with E-state index < -0.39 is 27.3 Å². The van der Waals surface area contributed by atoms with E-state index in [9.17, 15) is 8.42 Å². The second-order valence-electron chi connectivity index (χ2n) is 9.45. The van der Waals surface area contributed by atoms with Crippen LogP contribution in [0.2, 0.25) is 5.02 Å². The monoisotopic (exact) mass is 560 g/mol. The second kappa shape index (κ2) is 10.1. The molecule has 4 aromatic rings. The molecule has 1 saturated carbocycles. The molecule has 0 spiro atoms. The molecular weight excluding hydrogens is 534 g/mol. The van der Waals surface area contributed by atoms with Crippen molar-refractivity contribution in [3.63, 3.8) is 0 Å². The third-order valence-corrected chi connectivity index (χ3v) is 8.88. The number of benzene rings is 2. The number of rotatable bonds is 6. The number of sulfonamides is 1. The first-order valence-corrected chi connectivity index (χ1v) is 14.1. The molecule has 5 rings (SSSR count). The van der Waals surface area contributed by atoms with E-state index >= 15 is 8.78 Å². The van der Waals surface area contributed by atoms with Gasteiger partial charge in [-0.2, -0.15) is 5.10 Å². The third-order valence-electron chi connectivity index (χ3n) is 7.02. The Labute approximate surface area is 224 Å². The minimum absolute atomic E-state index is 0.0483. The summed E-state index contributed by atoms with van der Waals surface area (Å²) in [6, 6.07) is 7.55. The largest absolute Gasteiger partial charge is 0.383 e. The fourth-order valence-electron chi connectivity index (χ4n) is 5.08. The lowest BCUT2D eigenvalue weighted by molar-refractivity contribution is 0.395. The van der Waals surface area contributed by atoms with E-state index in [4.69, 9.17) is 23.1 Å². The minimum atomic E-state index is -4.27. The smallest absolute Gasteiger partial charge is 0.263 e. The Morgan fingerprint density at radius 3 is 2.53 bits per heavy atom. The number of nitrogens with zero attached hydrogens (tertiary/aromatic N) is 3. The van der Waals surface area contributed by atoms with Crippen LogP contribution in [0.4, 0.5) is 20.3 Å². The van der Waals surface area contributed by atoms with Crippen molar-refractivity contribution in [2.24, 2.45) is 5.73 Å². The molecule has 200 valence electrons. The fourth-order valence-corrected chi connectivity index (χ4v) is 6.66. The molecule has 2 aromatic heterocycles. The topological polar surface area (TPSA) is 129 Å². The molecule has 0 bridgehead atoms. The molecule has 12 heteroatoms. The van der Waals surface area contributed by atoms with Crippen LogP contribution < -0.4 is 16.2 Å². The normalized spacial score (nSPS) is 18.1. The van der Waals surface area contributed by atoms with Gasteiger partial charge in [-0.3, -0.25) is 9.40 Å². The van der Waals surface area contributed by atoms with E-state index in [1.807, 2.05) is 6.92 Å². The summed E-state index contributed by atoms with van der Waals surface area (Å²) < 4.78 is 60.1. The predicted octanol–water partition coefficient (Wildman–Crippen LogP) is 5.42. The van der Waals surface area contributed by atoms with E-state index in [0.29, 0.717) is 11.9 Å². The maximum atomic E-state index is 15.5. The lowest BCUT2D eigenvalue weighted by Crippen LogP contribution is -2.26. The highest BCUT2D eigenvalue weighted by atomic mass is 35.5. The number of halogens is 3. The summed E-state index contributed by atoms with van der Waals surface area (Å²) in [6.45, 7) is 2.37. The number of aromatic nitrogens is 3. The minimum Gasteiger partial charge on any atom is -0.383 e. The van der Waals surface area contributed by atoms with Gasteiger partial charge in [0.25, 0.3) is 10.0 Å². The van der Waals surface area contributed by atoms with Crippen LogP contribution >= 0.6 is 11.6 Å². The van der Waals surface area contributed by atoms with Gasteiger partial charge in [0.05, 0.1) is 21.6 Å². The van der Waals surface area contributed by atoms with Crippen LogP contribution in [0.1, 0.15) is 44.1 Å². The first-order chi connectivity index (χ1) is 18.1. The highest BCUT2D eigenvalue weighted by Crippen LogP contribution is 2.41. The summed E-state index contributed by atoms with van der Waals surface area (Å²) in [7, 11) is -4.27. The number of aryl methyl sites for hydroxylation is 1. The Bertz CT molecular complexity index is 1630. The van der Waals surface area contributed by atoms with Gasteiger partial charge in [0, 0.05) is 30.4 Å². The van der Waals surface area contributed by atoms with E-state index in [-0.39, 0.29) is 39.0 Å². The second-order valence-corrected chi connectivity index (χ2v) is 11.5. The average molecular weight is 561 g/mol. The van der Waals surface area contributed by atoms with Crippen molar-refractivity contribution in [2.75, 3.05) is 10.5 Å². The number of pyridine rings is 1. The summed E-state index contributed by atoms with van der Waals surface area (Å²) in [5.41, 5.74) is 13.5. The van der Waals surface area contributed by atoms with Crippen LogP contribution in [0.15, 0.2) is 47.5 Å². The lowest BCUT2D eigenvalue weighted by Gasteiger charge is -2.27. The van der Waals surface area contributed by atoms with Crippen molar-refractivity contribution >= 4 is 44.0 Å². The molecule has 5 N–H and O–H groups in total. The Balaban J connectivity index is 1.59. The number of anilines is 2. The molecule has 0 radical (unpaired) electrons. The molecule has 0 saturated heterocycles. The van der Waals surface area contributed by atoms with Crippen molar-refractivity contribution in [2.45, 2.75) is 56.0 Å². The van der Waals surface area contributed by atoms with Crippen molar-refractivity contribution in [1.29, 1.82) is 0 Å². The van der Waals surface area contributed by atoms with Gasteiger partial charge in [0.2, 0.25) is 0 Å². The van der Waals surface area contributed by atoms with Gasteiger partial charge in [-0.05, 0) is 62.3 Å². The molecule has 0 aliphatic heterocycles. The van der Waals surface area contributed by atoms with Gasteiger partial charge in [-0.1, -0.05) is 23.7 Å². The van der Waals surface area contributed by atoms with Crippen molar-refractivity contribution in [1.82, 2.24) is 14.8 Å². The molecule has 0 amide bonds. The zero-order valence-electron chi connectivity index (χ0n) is 20.6. The molecule has 1 aliphatic rings. The number of nitrogens with two attached hydrogens (primary N) is 2. The Morgan fingerprint density at radius 1 is 1.13 bits per heavy atom. The van der Waals surface area contributed by atoms with Crippen LogP contribution in [-0.2, 0) is 16.6 Å². The molecule has 0 atom stereocenters. The summed E-state index contributed by atoms with van der Waals surface area (Å²) in [4.78, 5) is 4.11. The molecule has 1 fully saturated rings. The van der Waals surface area contributed by atoms with Gasteiger partial charge in [-0.15, -0.1) is 0 Å². The lowest BCUT2D eigenvalue weighted by atomic mass is 9.82. The molecule has 2 aromatic carbocycles. The van der Waals surface area contributed by atoms with Crippen molar-refractivity contribution in [3.05, 3.63) is 64.8 Å². The van der Waals surface area contributed by atoms with Crippen molar-refractivity contribution < 1.29 is 17.2 Å². The highest BCUT2D eigenvalue weighted by Gasteiger charge is 2.28. The van der Waals surface area contributed by atoms with Crippen LogP contribution in [-0.4, -0.2) is 29.2 Å². The standard InChI is InChI=1S/C26H27ClF2N6O2S/c1-2-35-25-17(14-7-9-15(30)10-8-14)13-32-26(31)23(25)24(33-35)16-11-20(29)21(12-19(16)28)34-38(36,37)22-6-4-3-5-18(22)27/h3-6,11-15,34H,2,7-10,30H2,1H3,(H2,31,32)/t14-,15-. The number of hydrogen-bond acceptors (Lipinski definition) is 6. The number of nitrogens with one attached hydrogen (secondary N) is 1. The number of hydrogen-bond donors (Lipinski definition) is 3. The van der Waals surface area contributed by atoms with Crippen LogP contribution in [0.25, 0.3) is 22.2 Å². The van der Waals surface area contributed by atoms with Crippen LogP contribution in [0.5, 0.6) is 0 Å². The maximum absolute atomic E-state index is 15.5. The molecule has 0 unspecified atom stereocenters. The van der Waals surface area contributed by atoms with Crippen LogP contribution in [0.3, 0.4) is 0 Å². The summed E-state index contributed by atoms with van der Waals surface area (Å²) in [5, 5.41) is 4.97. The molecule has 38 heavy (non-hydrogen) atoms. The van der Waals surface area contributed by atoms with E-state index in [1.165, 1.54) is 18.2 Å². The Hall–Kier alpha value is -3.28. The van der Waals surface area contributed by atoms with Crippen molar-refractivity contribution in [3.8, 4) is 11.3 Å². The van der Waals surface area contributed by atoms with Crippen LogP contribution in [0, 0.1) is 11.6 Å².